The number of phenols is 1. The Kier molecular flexibility index (Phi) is 6.25. The van der Waals surface area contributed by atoms with E-state index in [4.69, 9.17) is 21.1 Å². The number of nitrogens with one attached hydrogen (secondary N) is 1. The van der Waals surface area contributed by atoms with Crippen molar-refractivity contribution in [1.82, 2.24) is 5.43 Å². The van der Waals surface area contributed by atoms with Crippen LogP contribution in [0, 0.1) is 13.8 Å². The number of hydrazone groups is 1. The van der Waals surface area contributed by atoms with E-state index in [2.05, 4.69) is 10.5 Å². The molecule has 0 saturated carbocycles. The van der Waals surface area contributed by atoms with Gasteiger partial charge in [0.25, 0.3) is 5.91 Å². The van der Waals surface area contributed by atoms with E-state index in [9.17, 15) is 9.90 Å². The maximum absolute atomic E-state index is 11.8. The van der Waals surface area contributed by atoms with Crippen molar-refractivity contribution in [3.8, 4) is 17.2 Å². The number of aromatic hydroxyl groups is 1. The largest absolute Gasteiger partial charge is 0.504 e. The third kappa shape index (κ3) is 5.39. The highest BCUT2D eigenvalue weighted by molar-refractivity contribution is 6.31. The average molecular weight is 363 g/mol. The van der Waals surface area contributed by atoms with Crippen LogP contribution in [0.1, 0.15) is 16.7 Å². The molecule has 2 aromatic carbocycles. The summed E-state index contributed by atoms with van der Waals surface area (Å²) in [7, 11) is 1.42. The Morgan fingerprint density at radius 1 is 1.24 bits per heavy atom. The second-order valence-electron chi connectivity index (χ2n) is 5.45. The van der Waals surface area contributed by atoms with E-state index in [1.807, 2.05) is 32.0 Å². The molecular weight excluding hydrogens is 344 g/mol. The van der Waals surface area contributed by atoms with Crippen LogP contribution in [-0.2, 0) is 4.79 Å². The molecule has 1 amide bonds. The van der Waals surface area contributed by atoms with Crippen LogP contribution >= 0.6 is 11.6 Å². The summed E-state index contributed by atoms with van der Waals surface area (Å²) in [5.41, 5.74) is 4.75. The number of amides is 1. The maximum Gasteiger partial charge on any atom is 0.277 e. The summed E-state index contributed by atoms with van der Waals surface area (Å²) >= 11 is 5.93. The molecule has 0 aliphatic heterocycles. The Hall–Kier alpha value is -2.73. The maximum atomic E-state index is 11.8. The number of methoxy groups -OCH3 is 1. The van der Waals surface area contributed by atoms with Gasteiger partial charge >= 0.3 is 0 Å². The minimum Gasteiger partial charge on any atom is -0.504 e. The molecule has 6 nitrogen and oxygen atoms in total. The molecule has 2 N–H and O–H groups in total. The SMILES string of the molecule is COc1cc(Cl)cc(/C=N\NC(=O)COc2cc(C)cc(C)c2)c1O. The van der Waals surface area contributed by atoms with Crippen LogP contribution in [0.3, 0.4) is 0 Å². The number of hydrogen-bond acceptors (Lipinski definition) is 5. The van der Waals surface area contributed by atoms with Crippen molar-refractivity contribution in [2.75, 3.05) is 13.7 Å². The molecule has 0 heterocycles. The van der Waals surface area contributed by atoms with E-state index in [0.29, 0.717) is 16.3 Å². The molecule has 0 atom stereocenters. The van der Waals surface area contributed by atoms with Gasteiger partial charge in [-0.2, -0.15) is 5.10 Å². The number of nitrogens with zero attached hydrogens (tertiary/aromatic N) is 1. The highest BCUT2D eigenvalue weighted by Crippen LogP contribution is 2.32. The lowest BCUT2D eigenvalue weighted by Crippen LogP contribution is -2.24. The monoisotopic (exact) mass is 362 g/mol. The number of hydrogen-bond donors (Lipinski definition) is 2. The van der Waals surface area contributed by atoms with Crippen molar-refractivity contribution < 1.29 is 19.4 Å². The van der Waals surface area contributed by atoms with Crippen molar-refractivity contribution in [2.24, 2.45) is 5.10 Å². The van der Waals surface area contributed by atoms with Crippen molar-refractivity contribution >= 4 is 23.7 Å². The number of carbonyl (C=O) groups is 1. The number of benzene rings is 2. The van der Waals surface area contributed by atoms with E-state index in [-0.39, 0.29) is 18.1 Å². The van der Waals surface area contributed by atoms with Gasteiger partial charge in [-0.1, -0.05) is 17.7 Å². The lowest BCUT2D eigenvalue weighted by molar-refractivity contribution is -0.123. The zero-order valence-electron chi connectivity index (χ0n) is 14.2. The summed E-state index contributed by atoms with van der Waals surface area (Å²) in [6.45, 7) is 3.73. The molecule has 2 aromatic rings. The van der Waals surface area contributed by atoms with Gasteiger partial charge in [-0.25, -0.2) is 5.43 Å². The minimum absolute atomic E-state index is 0.114. The third-order valence-corrected chi connectivity index (χ3v) is 3.47. The Bertz CT molecular complexity index is 786. The molecule has 0 aliphatic rings. The molecule has 25 heavy (non-hydrogen) atoms. The topological polar surface area (TPSA) is 80.2 Å². The first-order valence-electron chi connectivity index (χ1n) is 7.48. The zero-order valence-corrected chi connectivity index (χ0v) is 14.9. The fourth-order valence-electron chi connectivity index (χ4n) is 2.22. The van der Waals surface area contributed by atoms with Gasteiger partial charge in [0.1, 0.15) is 5.75 Å². The molecule has 0 fully saturated rings. The van der Waals surface area contributed by atoms with Crippen molar-refractivity contribution in [1.29, 1.82) is 0 Å². The quantitative estimate of drug-likeness (QED) is 0.611. The molecule has 132 valence electrons. The number of aryl methyl sites for hydroxylation is 2. The molecule has 0 aliphatic carbocycles. The normalized spacial score (nSPS) is 10.7. The van der Waals surface area contributed by atoms with Gasteiger partial charge < -0.3 is 14.6 Å². The summed E-state index contributed by atoms with van der Waals surface area (Å²) in [6, 6.07) is 8.69. The molecule has 2 rings (SSSR count). The number of carbonyl (C=O) groups excluding carboxylic acids is 1. The minimum atomic E-state index is -0.427. The lowest BCUT2D eigenvalue weighted by atomic mass is 10.1. The molecule has 0 aromatic heterocycles. The number of phenolic OH excluding ortho intramolecular Hbond substituents is 1. The van der Waals surface area contributed by atoms with Gasteiger partial charge in [0.2, 0.25) is 0 Å². The number of halogens is 1. The highest BCUT2D eigenvalue weighted by Gasteiger charge is 2.08. The molecule has 0 bridgehead atoms. The Balaban J connectivity index is 1.93. The Morgan fingerprint density at radius 2 is 1.92 bits per heavy atom. The third-order valence-electron chi connectivity index (χ3n) is 3.25. The van der Waals surface area contributed by atoms with Gasteiger partial charge in [0.05, 0.1) is 13.3 Å². The summed E-state index contributed by atoms with van der Waals surface area (Å²) in [5, 5.41) is 14.1. The van der Waals surface area contributed by atoms with Gasteiger partial charge in [0, 0.05) is 16.7 Å². The zero-order chi connectivity index (χ0) is 18.4. The fraction of sp³-hybridized carbons (Fsp3) is 0.222. The van der Waals surface area contributed by atoms with Crippen molar-refractivity contribution in [3.63, 3.8) is 0 Å². The van der Waals surface area contributed by atoms with Crippen LogP contribution in [-0.4, -0.2) is 30.9 Å². The Morgan fingerprint density at radius 3 is 2.56 bits per heavy atom. The molecule has 0 spiro atoms. The Labute approximate surface area is 151 Å². The molecule has 0 saturated heterocycles. The fourth-order valence-corrected chi connectivity index (χ4v) is 2.44. The summed E-state index contributed by atoms with van der Waals surface area (Å²) in [6.07, 6.45) is 1.28. The van der Waals surface area contributed by atoms with E-state index in [1.165, 1.54) is 25.5 Å². The molecule has 0 radical (unpaired) electrons. The van der Waals surface area contributed by atoms with Crippen molar-refractivity contribution in [2.45, 2.75) is 13.8 Å². The molecule has 7 heteroatoms. The number of rotatable bonds is 6. The van der Waals surface area contributed by atoms with Gasteiger partial charge in [-0.15, -0.1) is 0 Å². The lowest BCUT2D eigenvalue weighted by Gasteiger charge is -2.08. The second-order valence-corrected chi connectivity index (χ2v) is 5.89. The first-order chi connectivity index (χ1) is 11.9. The molecule has 0 unspecified atom stereocenters. The van der Waals surface area contributed by atoms with Crippen LogP contribution in [0.4, 0.5) is 0 Å². The number of ether oxygens (including phenoxy) is 2. The first-order valence-corrected chi connectivity index (χ1v) is 7.86. The van der Waals surface area contributed by atoms with Gasteiger partial charge in [0.15, 0.2) is 18.1 Å². The molecular formula is C18H19ClN2O4. The predicted molar refractivity (Wildman–Crippen MR) is 96.8 cm³/mol. The van der Waals surface area contributed by atoms with Crippen LogP contribution < -0.4 is 14.9 Å². The van der Waals surface area contributed by atoms with Crippen molar-refractivity contribution in [3.05, 3.63) is 52.0 Å². The van der Waals surface area contributed by atoms with E-state index >= 15 is 0 Å². The summed E-state index contributed by atoms with van der Waals surface area (Å²) in [4.78, 5) is 11.8. The average Bonchev–Trinajstić information content (AvgIpc) is 2.55. The van der Waals surface area contributed by atoms with Crippen LogP contribution in [0.15, 0.2) is 35.4 Å². The standard InChI is InChI=1S/C18H19ClN2O4/c1-11-4-12(2)6-15(5-11)25-10-17(22)21-20-9-13-7-14(19)8-16(24-3)18(13)23/h4-9,23H,10H2,1-3H3,(H,21,22)/b20-9-. The highest BCUT2D eigenvalue weighted by atomic mass is 35.5. The van der Waals surface area contributed by atoms with E-state index in [0.717, 1.165) is 11.1 Å². The van der Waals surface area contributed by atoms with Crippen LogP contribution in [0.2, 0.25) is 5.02 Å². The van der Waals surface area contributed by atoms with Gasteiger partial charge in [-0.05, 0) is 43.2 Å². The second kappa shape index (κ2) is 8.39. The van der Waals surface area contributed by atoms with E-state index in [1.54, 1.807) is 0 Å². The predicted octanol–water partition coefficient (Wildman–Crippen LogP) is 3.20. The first kappa shape index (κ1) is 18.6. The van der Waals surface area contributed by atoms with Crippen LogP contribution in [0.25, 0.3) is 0 Å². The summed E-state index contributed by atoms with van der Waals surface area (Å²) in [5.74, 6) is 0.299. The van der Waals surface area contributed by atoms with Gasteiger partial charge in [-0.3, -0.25) is 4.79 Å². The summed E-state index contributed by atoms with van der Waals surface area (Å²) < 4.78 is 10.4. The smallest absolute Gasteiger partial charge is 0.277 e. The van der Waals surface area contributed by atoms with E-state index < -0.39 is 5.91 Å². The van der Waals surface area contributed by atoms with Crippen LogP contribution in [0.5, 0.6) is 17.2 Å².